The van der Waals surface area contributed by atoms with Crippen molar-refractivity contribution >= 4 is 33.2 Å². The van der Waals surface area contributed by atoms with E-state index in [1.165, 1.54) is 4.88 Å². The van der Waals surface area contributed by atoms with Crippen molar-refractivity contribution in [1.29, 1.82) is 0 Å². The van der Waals surface area contributed by atoms with Crippen LogP contribution < -0.4 is 5.32 Å². The number of halogens is 1. The van der Waals surface area contributed by atoms with Crippen molar-refractivity contribution in [1.82, 2.24) is 5.32 Å². The zero-order valence-corrected chi connectivity index (χ0v) is 14.0. The van der Waals surface area contributed by atoms with Gasteiger partial charge >= 0.3 is 0 Å². The zero-order chi connectivity index (χ0) is 15.1. The number of amides is 1. The summed E-state index contributed by atoms with van der Waals surface area (Å²) in [6.45, 7) is -0.0897. The van der Waals surface area contributed by atoms with Crippen LogP contribution in [0, 0.1) is 0 Å². The van der Waals surface area contributed by atoms with Crippen LogP contribution in [-0.2, 0) is 11.2 Å². The summed E-state index contributed by atoms with van der Waals surface area (Å²) in [5.41, 5.74) is 0.926. The van der Waals surface area contributed by atoms with Crippen LogP contribution in [0.4, 0.5) is 0 Å². The predicted octanol–water partition coefficient (Wildman–Crippen LogP) is 3.68. The lowest BCUT2D eigenvalue weighted by molar-refractivity contribution is -0.122. The third-order valence-electron chi connectivity index (χ3n) is 3.18. The SMILES string of the molecule is O=C(CCCc1ccc(Br)s1)N[C@@H](CO)c1ccccc1. The van der Waals surface area contributed by atoms with Crippen molar-refractivity contribution in [3.8, 4) is 0 Å². The average molecular weight is 368 g/mol. The van der Waals surface area contributed by atoms with Gasteiger partial charge < -0.3 is 10.4 Å². The van der Waals surface area contributed by atoms with Gasteiger partial charge in [0.15, 0.2) is 0 Å². The Kier molecular flexibility index (Phi) is 6.42. The molecule has 2 rings (SSSR count). The van der Waals surface area contributed by atoms with Gasteiger partial charge in [-0.3, -0.25) is 4.79 Å². The number of aliphatic hydroxyl groups is 1. The van der Waals surface area contributed by atoms with E-state index in [4.69, 9.17) is 0 Å². The number of aryl methyl sites for hydroxylation is 1. The van der Waals surface area contributed by atoms with Crippen LogP contribution in [0.3, 0.4) is 0 Å². The van der Waals surface area contributed by atoms with Gasteiger partial charge in [0.1, 0.15) is 0 Å². The van der Waals surface area contributed by atoms with Gasteiger partial charge in [-0.1, -0.05) is 30.3 Å². The van der Waals surface area contributed by atoms with E-state index in [1.807, 2.05) is 36.4 Å². The molecule has 1 heterocycles. The largest absolute Gasteiger partial charge is 0.394 e. The zero-order valence-electron chi connectivity index (χ0n) is 11.6. The molecule has 0 saturated carbocycles. The highest BCUT2D eigenvalue weighted by Crippen LogP contribution is 2.23. The third-order valence-corrected chi connectivity index (χ3v) is 4.86. The Hall–Kier alpha value is -1.17. The monoisotopic (exact) mass is 367 g/mol. The second-order valence-electron chi connectivity index (χ2n) is 4.77. The fourth-order valence-electron chi connectivity index (χ4n) is 2.10. The molecule has 0 aliphatic rings. The van der Waals surface area contributed by atoms with Gasteiger partial charge in [-0.15, -0.1) is 11.3 Å². The predicted molar refractivity (Wildman–Crippen MR) is 89.4 cm³/mol. The molecular weight excluding hydrogens is 350 g/mol. The van der Waals surface area contributed by atoms with E-state index in [9.17, 15) is 9.90 Å². The third kappa shape index (κ3) is 5.26. The number of carbonyl (C=O) groups excluding carboxylic acids is 1. The molecule has 1 aromatic heterocycles. The summed E-state index contributed by atoms with van der Waals surface area (Å²) in [6, 6.07) is 13.3. The van der Waals surface area contributed by atoms with Crippen LogP contribution in [0.15, 0.2) is 46.3 Å². The van der Waals surface area contributed by atoms with E-state index in [0.717, 1.165) is 22.2 Å². The van der Waals surface area contributed by atoms with Gasteiger partial charge in [0.2, 0.25) is 5.91 Å². The fourth-order valence-corrected chi connectivity index (χ4v) is 3.62. The highest BCUT2D eigenvalue weighted by molar-refractivity contribution is 9.11. The van der Waals surface area contributed by atoms with Gasteiger partial charge in [-0.25, -0.2) is 0 Å². The molecule has 0 spiro atoms. The first-order valence-electron chi connectivity index (χ1n) is 6.88. The Bertz CT molecular complexity index is 571. The highest BCUT2D eigenvalue weighted by Gasteiger charge is 2.13. The topological polar surface area (TPSA) is 49.3 Å². The number of hydrogen-bond acceptors (Lipinski definition) is 3. The molecule has 2 N–H and O–H groups in total. The molecule has 1 amide bonds. The van der Waals surface area contributed by atoms with Crippen LogP contribution in [-0.4, -0.2) is 17.6 Å². The highest BCUT2D eigenvalue weighted by atomic mass is 79.9. The molecule has 1 atom stereocenters. The molecule has 3 nitrogen and oxygen atoms in total. The number of nitrogens with one attached hydrogen (secondary N) is 1. The Labute approximate surface area is 137 Å². The van der Waals surface area contributed by atoms with E-state index in [1.54, 1.807) is 11.3 Å². The molecule has 21 heavy (non-hydrogen) atoms. The lowest BCUT2D eigenvalue weighted by atomic mass is 10.1. The minimum Gasteiger partial charge on any atom is -0.394 e. The van der Waals surface area contributed by atoms with Crippen LogP contribution in [0.5, 0.6) is 0 Å². The first-order chi connectivity index (χ1) is 10.2. The molecule has 0 aliphatic carbocycles. The van der Waals surface area contributed by atoms with E-state index in [2.05, 4.69) is 27.3 Å². The standard InChI is InChI=1S/C16H18BrNO2S/c17-15-10-9-13(21-15)7-4-8-16(20)18-14(11-19)12-5-2-1-3-6-12/h1-3,5-6,9-10,14,19H,4,7-8,11H2,(H,18,20)/t14-/m0/s1. The summed E-state index contributed by atoms with van der Waals surface area (Å²) in [5.74, 6) is -0.0199. The number of benzene rings is 1. The van der Waals surface area contributed by atoms with E-state index in [-0.39, 0.29) is 18.6 Å². The molecule has 0 radical (unpaired) electrons. The number of rotatable bonds is 7. The smallest absolute Gasteiger partial charge is 0.220 e. The number of aliphatic hydroxyl groups excluding tert-OH is 1. The summed E-state index contributed by atoms with van der Waals surface area (Å²) < 4.78 is 1.12. The number of thiophene rings is 1. The Morgan fingerprint density at radius 3 is 2.62 bits per heavy atom. The Morgan fingerprint density at radius 2 is 2.00 bits per heavy atom. The number of carbonyl (C=O) groups is 1. The molecule has 1 aromatic carbocycles. The maximum atomic E-state index is 12.0. The number of hydrogen-bond donors (Lipinski definition) is 2. The summed E-state index contributed by atoms with van der Waals surface area (Å²) >= 11 is 5.13. The minimum absolute atomic E-state index is 0.0199. The lowest BCUT2D eigenvalue weighted by Crippen LogP contribution is -2.30. The first-order valence-corrected chi connectivity index (χ1v) is 8.49. The van der Waals surface area contributed by atoms with Crippen LogP contribution in [0.1, 0.15) is 29.3 Å². The quantitative estimate of drug-likeness (QED) is 0.783. The minimum atomic E-state index is -0.324. The van der Waals surface area contributed by atoms with E-state index < -0.39 is 0 Å². The van der Waals surface area contributed by atoms with Crippen molar-refractivity contribution in [3.05, 3.63) is 56.7 Å². The summed E-state index contributed by atoms with van der Waals surface area (Å²) in [6.07, 6.45) is 2.18. The molecule has 0 unspecified atom stereocenters. The van der Waals surface area contributed by atoms with Crippen molar-refractivity contribution in [2.24, 2.45) is 0 Å². The van der Waals surface area contributed by atoms with Crippen LogP contribution >= 0.6 is 27.3 Å². The first kappa shape index (κ1) is 16.2. The fraction of sp³-hybridized carbons (Fsp3) is 0.312. The van der Waals surface area contributed by atoms with E-state index >= 15 is 0 Å². The van der Waals surface area contributed by atoms with Crippen molar-refractivity contribution in [2.45, 2.75) is 25.3 Å². The maximum Gasteiger partial charge on any atom is 0.220 e. The summed E-state index contributed by atoms with van der Waals surface area (Å²) in [4.78, 5) is 13.2. The molecule has 2 aromatic rings. The molecule has 0 fully saturated rings. The average Bonchev–Trinajstić information content (AvgIpc) is 2.91. The second kappa shape index (κ2) is 8.32. The normalized spacial score (nSPS) is 12.1. The summed E-state index contributed by atoms with van der Waals surface area (Å²) in [5, 5.41) is 12.3. The van der Waals surface area contributed by atoms with E-state index in [0.29, 0.717) is 6.42 Å². The van der Waals surface area contributed by atoms with Crippen LogP contribution in [0.2, 0.25) is 0 Å². The molecule has 5 heteroatoms. The van der Waals surface area contributed by atoms with Gasteiger partial charge in [0.25, 0.3) is 0 Å². The van der Waals surface area contributed by atoms with Crippen molar-refractivity contribution < 1.29 is 9.90 Å². The molecule has 0 bridgehead atoms. The molecule has 0 aliphatic heterocycles. The van der Waals surface area contributed by atoms with Crippen molar-refractivity contribution in [3.63, 3.8) is 0 Å². The van der Waals surface area contributed by atoms with Crippen molar-refractivity contribution in [2.75, 3.05) is 6.61 Å². The summed E-state index contributed by atoms with van der Waals surface area (Å²) in [7, 11) is 0. The van der Waals surface area contributed by atoms with Gasteiger partial charge in [-0.2, -0.15) is 0 Å². The van der Waals surface area contributed by atoms with Gasteiger partial charge in [0, 0.05) is 11.3 Å². The molecule has 112 valence electrons. The van der Waals surface area contributed by atoms with Gasteiger partial charge in [-0.05, 0) is 46.5 Å². The molecular formula is C16H18BrNO2S. The molecule has 0 saturated heterocycles. The van der Waals surface area contributed by atoms with Gasteiger partial charge in [0.05, 0.1) is 16.4 Å². The second-order valence-corrected chi connectivity index (χ2v) is 7.32. The lowest BCUT2D eigenvalue weighted by Gasteiger charge is -2.16. The Balaban J connectivity index is 1.78. The van der Waals surface area contributed by atoms with Crippen LogP contribution in [0.25, 0.3) is 0 Å². The Morgan fingerprint density at radius 1 is 1.24 bits per heavy atom. The maximum absolute atomic E-state index is 12.0.